The zero-order chi connectivity index (χ0) is 9.42. The Hall–Kier alpha value is -0.770. The monoisotopic (exact) mass is 185 g/mol. The van der Waals surface area contributed by atoms with Gasteiger partial charge in [-0.2, -0.15) is 0 Å². The first-order chi connectivity index (χ1) is 6.20. The van der Waals surface area contributed by atoms with E-state index in [0.29, 0.717) is 0 Å². The number of nitrogens with zero attached hydrogens (tertiary/aromatic N) is 1. The topological polar surface area (TPSA) is 49.8 Å². The van der Waals surface area contributed by atoms with Gasteiger partial charge in [-0.3, -0.25) is 4.90 Å². The molecule has 1 heterocycles. The first-order valence-electron chi connectivity index (χ1n) is 4.87. The van der Waals surface area contributed by atoms with Crippen LogP contribution >= 0.6 is 0 Å². The van der Waals surface area contributed by atoms with Gasteiger partial charge in [0.2, 0.25) is 0 Å². The number of ether oxygens (including phenoxy) is 1. The molecule has 4 heteroatoms. The van der Waals surface area contributed by atoms with Crippen molar-refractivity contribution < 1.29 is 14.6 Å². The fourth-order valence-corrected chi connectivity index (χ4v) is 2.44. The Morgan fingerprint density at radius 3 is 2.85 bits per heavy atom. The van der Waals surface area contributed by atoms with E-state index in [1.54, 1.807) is 0 Å². The minimum Gasteiger partial charge on any atom is -0.465 e. The Morgan fingerprint density at radius 2 is 2.15 bits per heavy atom. The van der Waals surface area contributed by atoms with Gasteiger partial charge in [0, 0.05) is 0 Å². The van der Waals surface area contributed by atoms with E-state index in [9.17, 15) is 4.79 Å². The molecule has 1 saturated carbocycles. The maximum Gasteiger partial charge on any atom is 0.409 e. The first-order valence-corrected chi connectivity index (χ1v) is 4.87. The molecule has 0 unspecified atom stereocenters. The van der Waals surface area contributed by atoms with Gasteiger partial charge < -0.3 is 9.84 Å². The number of amides is 1. The third-order valence-electron chi connectivity index (χ3n) is 3.01. The zero-order valence-electron chi connectivity index (χ0n) is 7.77. The molecule has 2 rings (SSSR count). The van der Waals surface area contributed by atoms with Gasteiger partial charge in [-0.15, -0.1) is 0 Å². The molecule has 1 saturated heterocycles. The Labute approximate surface area is 77.5 Å². The molecule has 2 fully saturated rings. The van der Waals surface area contributed by atoms with E-state index < -0.39 is 6.09 Å². The van der Waals surface area contributed by atoms with Gasteiger partial charge in [-0.05, 0) is 19.8 Å². The van der Waals surface area contributed by atoms with Crippen molar-refractivity contribution in [1.82, 2.24) is 4.90 Å². The van der Waals surface area contributed by atoms with Crippen molar-refractivity contribution in [2.75, 3.05) is 0 Å². The highest BCUT2D eigenvalue weighted by molar-refractivity contribution is 5.66. The molecule has 0 bridgehead atoms. The third kappa shape index (κ3) is 1.39. The van der Waals surface area contributed by atoms with Gasteiger partial charge in [-0.1, -0.05) is 12.8 Å². The summed E-state index contributed by atoms with van der Waals surface area (Å²) >= 11 is 0. The lowest BCUT2D eigenvalue weighted by Crippen LogP contribution is -2.42. The fraction of sp³-hybridized carbons (Fsp3) is 0.889. The summed E-state index contributed by atoms with van der Waals surface area (Å²) in [4.78, 5) is 12.4. The van der Waals surface area contributed by atoms with Crippen LogP contribution in [0.2, 0.25) is 0 Å². The molecule has 1 amide bonds. The molecule has 1 N–H and O–H groups in total. The third-order valence-corrected chi connectivity index (χ3v) is 3.01. The van der Waals surface area contributed by atoms with E-state index in [-0.39, 0.29) is 18.4 Å². The second-order valence-corrected chi connectivity index (χ2v) is 3.82. The second kappa shape index (κ2) is 3.18. The van der Waals surface area contributed by atoms with Crippen LogP contribution in [0.5, 0.6) is 0 Å². The second-order valence-electron chi connectivity index (χ2n) is 3.82. The molecule has 0 spiro atoms. The number of hydrogen-bond acceptors (Lipinski definition) is 2. The van der Waals surface area contributed by atoms with Crippen LogP contribution in [0.3, 0.4) is 0 Å². The van der Waals surface area contributed by atoms with E-state index in [1.165, 1.54) is 11.3 Å². The number of carbonyl (C=O) groups is 1. The number of hydrogen-bond donors (Lipinski definition) is 1. The molecular weight excluding hydrogens is 170 g/mol. The minimum absolute atomic E-state index is 0.112. The Morgan fingerprint density at radius 1 is 1.46 bits per heavy atom. The molecular formula is C9H15NO3. The molecule has 2 aliphatic rings. The molecule has 0 aromatic carbocycles. The van der Waals surface area contributed by atoms with Crippen LogP contribution in [0, 0.1) is 0 Å². The summed E-state index contributed by atoms with van der Waals surface area (Å²) in [6, 6.07) is 0.112. The average Bonchev–Trinajstić information content (AvgIpc) is 2.39. The van der Waals surface area contributed by atoms with Gasteiger partial charge in [-0.25, -0.2) is 4.79 Å². The van der Waals surface area contributed by atoms with Crippen molar-refractivity contribution in [3.63, 3.8) is 0 Å². The molecule has 4 nitrogen and oxygen atoms in total. The summed E-state index contributed by atoms with van der Waals surface area (Å²) in [5.74, 6) is 0. The summed E-state index contributed by atoms with van der Waals surface area (Å²) in [6.07, 6.45) is 3.31. The van der Waals surface area contributed by atoms with E-state index >= 15 is 0 Å². The molecule has 1 aliphatic heterocycles. The smallest absolute Gasteiger partial charge is 0.409 e. The first kappa shape index (κ1) is 8.81. The van der Waals surface area contributed by atoms with Crippen molar-refractivity contribution >= 4 is 6.09 Å². The van der Waals surface area contributed by atoms with Crippen LogP contribution in [0.4, 0.5) is 4.79 Å². The van der Waals surface area contributed by atoms with E-state index in [2.05, 4.69) is 0 Å². The van der Waals surface area contributed by atoms with Gasteiger partial charge >= 0.3 is 6.09 Å². The highest BCUT2D eigenvalue weighted by atomic mass is 16.5. The van der Waals surface area contributed by atoms with Crippen molar-refractivity contribution in [3.8, 4) is 0 Å². The lowest BCUT2D eigenvalue weighted by Gasteiger charge is -2.28. The maximum atomic E-state index is 10.9. The maximum absolute atomic E-state index is 10.9. The van der Waals surface area contributed by atoms with E-state index in [4.69, 9.17) is 9.84 Å². The Balaban J connectivity index is 2.13. The Kier molecular flexibility index (Phi) is 2.15. The number of carboxylic acid groups (broad SMARTS) is 1. The Bertz CT molecular complexity index is 219. The quantitative estimate of drug-likeness (QED) is 0.624. The lowest BCUT2D eigenvalue weighted by molar-refractivity contribution is 0.0132. The molecule has 0 radical (unpaired) electrons. The highest BCUT2D eigenvalue weighted by Gasteiger charge is 2.43. The van der Waals surface area contributed by atoms with Crippen molar-refractivity contribution in [3.05, 3.63) is 0 Å². The fourth-order valence-electron chi connectivity index (χ4n) is 2.44. The minimum atomic E-state index is -0.845. The normalized spacial score (nSPS) is 38.8. The predicted molar refractivity (Wildman–Crippen MR) is 46.5 cm³/mol. The van der Waals surface area contributed by atoms with Gasteiger partial charge in [0.15, 0.2) is 0 Å². The summed E-state index contributed by atoms with van der Waals surface area (Å²) in [5.41, 5.74) is 0. The summed E-state index contributed by atoms with van der Waals surface area (Å²) in [6.45, 7) is 1.81. The highest BCUT2D eigenvalue weighted by Crippen LogP contribution is 2.33. The van der Waals surface area contributed by atoms with Crippen LogP contribution in [0.15, 0.2) is 0 Å². The number of fused-ring (bicyclic) bond motifs is 1. The van der Waals surface area contributed by atoms with Gasteiger partial charge in [0.25, 0.3) is 0 Å². The van der Waals surface area contributed by atoms with E-state index in [1.807, 2.05) is 6.92 Å². The zero-order valence-corrected chi connectivity index (χ0v) is 7.77. The van der Waals surface area contributed by atoms with Crippen LogP contribution in [-0.4, -0.2) is 34.5 Å². The van der Waals surface area contributed by atoms with Crippen LogP contribution in [0.25, 0.3) is 0 Å². The molecule has 1 aliphatic carbocycles. The molecule has 0 aromatic heterocycles. The van der Waals surface area contributed by atoms with Crippen molar-refractivity contribution in [2.45, 2.75) is 51.0 Å². The largest absolute Gasteiger partial charge is 0.465 e. The molecule has 13 heavy (non-hydrogen) atoms. The number of rotatable bonds is 0. The lowest BCUT2D eigenvalue weighted by atomic mass is 9.92. The van der Waals surface area contributed by atoms with Gasteiger partial charge in [0.05, 0.1) is 12.1 Å². The van der Waals surface area contributed by atoms with Gasteiger partial charge in [0.1, 0.15) is 6.23 Å². The SMILES string of the molecule is C[C@@H]1O[C@@H]2CCCC[C@@H]2N1C(=O)O. The molecule has 74 valence electrons. The van der Waals surface area contributed by atoms with Crippen LogP contribution < -0.4 is 0 Å². The van der Waals surface area contributed by atoms with Crippen LogP contribution in [0.1, 0.15) is 32.6 Å². The van der Waals surface area contributed by atoms with Crippen molar-refractivity contribution in [2.24, 2.45) is 0 Å². The van der Waals surface area contributed by atoms with Crippen molar-refractivity contribution in [1.29, 1.82) is 0 Å². The summed E-state index contributed by atoms with van der Waals surface area (Å²) < 4.78 is 5.58. The predicted octanol–water partition coefficient (Wildman–Crippen LogP) is 1.65. The van der Waals surface area contributed by atoms with E-state index in [0.717, 1.165) is 19.3 Å². The average molecular weight is 185 g/mol. The standard InChI is InChI=1S/C9H15NO3/c1-6-10(9(11)12)7-4-2-3-5-8(7)13-6/h6-8H,2-5H2,1H3,(H,11,12)/t6-,7-,8+/m0/s1. The summed E-state index contributed by atoms with van der Waals surface area (Å²) in [5, 5.41) is 8.97. The molecule has 0 aromatic rings. The van der Waals surface area contributed by atoms with Crippen LogP contribution in [-0.2, 0) is 4.74 Å². The molecule has 3 atom stereocenters. The summed E-state index contributed by atoms with van der Waals surface area (Å²) in [7, 11) is 0.